The zero-order chi connectivity index (χ0) is 13.9. The lowest BCUT2D eigenvalue weighted by molar-refractivity contribution is 0.0259. The summed E-state index contributed by atoms with van der Waals surface area (Å²) < 4.78 is 6.24. The molecule has 6 heteroatoms. The number of likely N-dealkylation sites (N-methyl/N-ethyl adjacent to an activating group) is 1. The van der Waals surface area contributed by atoms with Crippen LogP contribution < -0.4 is 5.48 Å². The van der Waals surface area contributed by atoms with E-state index in [0.717, 1.165) is 16.7 Å². The van der Waals surface area contributed by atoms with Crippen molar-refractivity contribution in [2.45, 2.75) is 45.8 Å². The zero-order valence-electron chi connectivity index (χ0n) is 11.5. The second-order valence-corrected chi connectivity index (χ2v) is 6.11. The Morgan fingerprint density at radius 2 is 2.17 bits per heavy atom. The summed E-state index contributed by atoms with van der Waals surface area (Å²) in [5.74, 6) is 0.873. The number of carbonyl (C=O) groups excluding carboxylic acids is 1. The molecule has 1 heterocycles. The number of ether oxygens (including phenoxy) is 1. The van der Waals surface area contributed by atoms with Gasteiger partial charge >= 0.3 is 6.09 Å². The van der Waals surface area contributed by atoms with Crippen molar-refractivity contribution in [3.05, 3.63) is 10.2 Å². The molecule has 0 aromatic carbocycles. The second kappa shape index (κ2) is 5.93. The Labute approximate surface area is 117 Å². The number of hydroxylamine groups is 1. The molecule has 1 amide bonds. The van der Waals surface area contributed by atoms with Crippen LogP contribution in [0.3, 0.4) is 0 Å². The van der Waals surface area contributed by atoms with Gasteiger partial charge in [0.1, 0.15) is 11.4 Å². The Bertz CT molecular complexity index is 350. The number of rotatable bonds is 3. The van der Waals surface area contributed by atoms with Crippen LogP contribution in [0.4, 0.5) is 4.79 Å². The highest BCUT2D eigenvalue weighted by Crippen LogP contribution is 2.26. The number of halogens is 1. The molecule has 1 rings (SSSR count). The van der Waals surface area contributed by atoms with E-state index in [1.807, 2.05) is 27.7 Å². The fourth-order valence-corrected chi connectivity index (χ4v) is 2.08. The number of nitrogens with one attached hydrogen (secondary N) is 1. The van der Waals surface area contributed by atoms with Crippen LogP contribution in [0.25, 0.3) is 0 Å². The van der Waals surface area contributed by atoms with Gasteiger partial charge in [-0.15, -0.1) is 5.48 Å². The Hall–Kier alpha value is -0.750. The molecule has 0 fully saturated rings. The number of allylic oxidation sites excluding steroid dienone is 1. The first kappa shape index (κ1) is 15.3. The molecule has 1 N–H and O–H groups in total. The maximum Gasteiger partial charge on any atom is 0.410 e. The summed E-state index contributed by atoms with van der Waals surface area (Å²) in [7, 11) is 1.71. The fourth-order valence-electron chi connectivity index (χ4n) is 1.48. The third-order valence-corrected chi connectivity index (χ3v) is 3.37. The molecule has 1 aliphatic heterocycles. The van der Waals surface area contributed by atoms with Crippen molar-refractivity contribution in [2.75, 3.05) is 13.6 Å². The van der Waals surface area contributed by atoms with Gasteiger partial charge in [0.05, 0.1) is 10.5 Å². The molecule has 18 heavy (non-hydrogen) atoms. The van der Waals surface area contributed by atoms with Gasteiger partial charge in [0.2, 0.25) is 0 Å². The Morgan fingerprint density at radius 3 is 2.61 bits per heavy atom. The number of hydrogen-bond donors (Lipinski definition) is 1. The van der Waals surface area contributed by atoms with Gasteiger partial charge in [0.15, 0.2) is 0 Å². The number of amides is 1. The molecular formula is C12H21BrN2O3. The second-order valence-electron chi connectivity index (χ2n) is 5.26. The molecule has 0 saturated heterocycles. The molecule has 1 aliphatic rings. The van der Waals surface area contributed by atoms with Gasteiger partial charge in [0, 0.05) is 20.0 Å². The topological polar surface area (TPSA) is 50.8 Å². The first-order valence-electron chi connectivity index (χ1n) is 5.99. The van der Waals surface area contributed by atoms with Crippen molar-refractivity contribution < 1.29 is 14.4 Å². The van der Waals surface area contributed by atoms with E-state index in [-0.39, 0.29) is 12.1 Å². The summed E-state index contributed by atoms with van der Waals surface area (Å²) in [4.78, 5) is 18.7. The largest absolute Gasteiger partial charge is 0.444 e. The van der Waals surface area contributed by atoms with Gasteiger partial charge in [-0.05, 0) is 36.7 Å². The molecule has 1 atom stereocenters. The van der Waals surface area contributed by atoms with Gasteiger partial charge < -0.3 is 14.5 Å². The van der Waals surface area contributed by atoms with E-state index in [0.29, 0.717) is 6.54 Å². The molecule has 104 valence electrons. The van der Waals surface area contributed by atoms with Crippen LogP contribution in [-0.2, 0) is 9.57 Å². The number of carbonyl (C=O) groups is 1. The lowest BCUT2D eigenvalue weighted by Gasteiger charge is -2.26. The minimum absolute atomic E-state index is 0.0440. The molecule has 0 aromatic rings. The van der Waals surface area contributed by atoms with Crippen LogP contribution >= 0.6 is 15.9 Å². The predicted octanol–water partition coefficient (Wildman–Crippen LogP) is 2.77. The predicted molar refractivity (Wildman–Crippen MR) is 73.1 cm³/mol. The fraction of sp³-hybridized carbons (Fsp3) is 0.750. The van der Waals surface area contributed by atoms with E-state index in [1.54, 1.807) is 7.05 Å². The third-order valence-electron chi connectivity index (χ3n) is 2.38. The van der Waals surface area contributed by atoms with E-state index < -0.39 is 5.60 Å². The highest BCUT2D eigenvalue weighted by atomic mass is 79.9. The molecule has 0 aliphatic carbocycles. The standard InChI is InChI=1S/C12H21BrN2O3/c1-6-9-10(13)8(14-18-9)7-15(5)11(16)17-12(2,3)4/h8,14H,6-7H2,1-5H3. The summed E-state index contributed by atoms with van der Waals surface area (Å²) in [5.41, 5.74) is 2.41. The molecule has 0 spiro atoms. The lowest BCUT2D eigenvalue weighted by atomic mass is 10.2. The highest BCUT2D eigenvalue weighted by molar-refractivity contribution is 9.11. The van der Waals surface area contributed by atoms with Crippen molar-refractivity contribution in [3.63, 3.8) is 0 Å². The third kappa shape index (κ3) is 4.17. The summed E-state index contributed by atoms with van der Waals surface area (Å²) in [6.45, 7) is 8.04. The van der Waals surface area contributed by atoms with Gasteiger partial charge in [-0.3, -0.25) is 0 Å². The molecule has 0 aromatic heterocycles. The summed E-state index contributed by atoms with van der Waals surface area (Å²) in [5, 5.41) is 0. The van der Waals surface area contributed by atoms with Crippen molar-refractivity contribution >= 4 is 22.0 Å². The van der Waals surface area contributed by atoms with Crippen LogP contribution in [0.15, 0.2) is 10.2 Å². The number of hydrogen-bond acceptors (Lipinski definition) is 4. The maximum absolute atomic E-state index is 11.8. The highest BCUT2D eigenvalue weighted by Gasteiger charge is 2.28. The zero-order valence-corrected chi connectivity index (χ0v) is 13.1. The monoisotopic (exact) mass is 320 g/mol. The Morgan fingerprint density at radius 1 is 1.56 bits per heavy atom. The van der Waals surface area contributed by atoms with Gasteiger partial charge in [-0.2, -0.15) is 0 Å². The maximum atomic E-state index is 11.8. The summed E-state index contributed by atoms with van der Waals surface area (Å²) in [6.07, 6.45) is 0.467. The first-order valence-corrected chi connectivity index (χ1v) is 6.79. The van der Waals surface area contributed by atoms with Crippen LogP contribution in [-0.4, -0.2) is 36.2 Å². The lowest BCUT2D eigenvalue weighted by Crippen LogP contribution is -2.41. The molecule has 0 radical (unpaired) electrons. The van der Waals surface area contributed by atoms with Crippen LogP contribution in [0, 0.1) is 0 Å². The van der Waals surface area contributed by atoms with Gasteiger partial charge in [0.25, 0.3) is 0 Å². The molecule has 5 nitrogen and oxygen atoms in total. The van der Waals surface area contributed by atoms with Crippen molar-refractivity contribution in [1.29, 1.82) is 0 Å². The summed E-state index contributed by atoms with van der Waals surface area (Å²) in [6, 6.07) is -0.0440. The summed E-state index contributed by atoms with van der Waals surface area (Å²) >= 11 is 3.48. The van der Waals surface area contributed by atoms with E-state index in [2.05, 4.69) is 21.4 Å². The van der Waals surface area contributed by atoms with Gasteiger partial charge in [-0.25, -0.2) is 4.79 Å². The van der Waals surface area contributed by atoms with Crippen LogP contribution in [0.1, 0.15) is 34.1 Å². The Balaban J connectivity index is 2.54. The smallest absolute Gasteiger partial charge is 0.410 e. The van der Waals surface area contributed by atoms with Crippen LogP contribution in [0.2, 0.25) is 0 Å². The van der Waals surface area contributed by atoms with E-state index >= 15 is 0 Å². The van der Waals surface area contributed by atoms with Crippen LogP contribution in [0.5, 0.6) is 0 Å². The first-order chi connectivity index (χ1) is 8.24. The SMILES string of the molecule is CCC1=C(Br)C(CN(C)C(=O)OC(C)(C)C)NO1. The minimum Gasteiger partial charge on any atom is -0.444 e. The van der Waals surface area contributed by atoms with Crippen molar-refractivity contribution in [1.82, 2.24) is 10.4 Å². The molecule has 0 saturated carbocycles. The van der Waals surface area contributed by atoms with E-state index in [1.165, 1.54) is 4.90 Å². The molecule has 0 bridgehead atoms. The van der Waals surface area contributed by atoms with E-state index in [4.69, 9.17) is 9.57 Å². The van der Waals surface area contributed by atoms with E-state index in [9.17, 15) is 4.79 Å². The average Bonchev–Trinajstić information content (AvgIpc) is 2.57. The Kier molecular flexibility index (Phi) is 5.04. The van der Waals surface area contributed by atoms with Gasteiger partial charge in [-0.1, -0.05) is 6.92 Å². The quantitative estimate of drug-likeness (QED) is 0.868. The van der Waals surface area contributed by atoms with Crippen molar-refractivity contribution in [3.8, 4) is 0 Å². The minimum atomic E-state index is -0.480. The van der Waals surface area contributed by atoms with Crippen molar-refractivity contribution in [2.24, 2.45) is 0 Å². The molecular weight excluding hydrogens is 300 g/mol. The average molecular weight is 321 g/mol. The molecule has 1 unspecified atom stereocenters. The number of nitrogens with zero attached hydrogens (tertiary/aromatic N) is 1. The normalized spacial score (nSPS) is 19.8.